The summed E-state index contributed by atoms with van der Waals surface area (Å²) >= 11 is 0. The summed E-state index contributed by atoms with van der Waals surface area (Å²) in [6, 6.07) is 17.9. The van der Waals surface area contributed by atoms with E-state index >= 15 is 0 Å². The van der Waals surface area contributed by atoms with E-state index in [1.54, 1.807) is 0 Å². The lowest BCUT2D eigenvalue weighted by Crippen LogP contribution is -2.54. The predicted molar refractivity (Wildman–Crippen MR) is 134 cm³/mol. The second-order valence-electron chi connectivity index (χ2n) is 11.8. The molecule has 0 aromatic heterocycles. The van der Waals surface area contributed by atoms with Crippen molar-refractivity contribution in [1.82, 2.24) is 0 Å². The maximum absolute atomic E-state index is 7.23. The fourth-order valence-electron chi connectivity index (χ4n) is 7.93. The van der Waals surface area contributed by atoms with Crippen molar-refractivity contribution in [1.29, 1.82) is 0 Å². The molecule has 0 heterocycles. The molecule has 4 saturated carbocycles. The van der Waals surface area contributed by atoms with Crippen LogP contribution < -0.4 is 4.74 Å². The van der Waals surface area contributed by atoms with Gasteiger partial charge in [-0.15, -0.1) is 0 Å². The fraction of sp³-hybridized carbons (Fsp3) is 0.613. The molecule has 3 unspecified atom stereocenters. The number of fused-ring (bicyclic) bond motifs is 1. The minimum absolute atomic E-state index is 0.0441. The molecule has 0 aliphatic heterocycles. The molecule has 0 saturated heterocycles. The van der Waals surface area contributed by atoms with E-state index in [4.69, 9.17) is 9.47 Å². The Morgan fingerprint density at radius 1 is 0.909 bits per heavy atom. The summed E-state index contributed by atoms with van der Waals surface area (Å²) in [5.74, 6) is 4.50. The summed E-state index contributed by atoms with van der Waals surface area (Å²) in [6.07, 6.45) is 12.6. The highest BCUT2D eigenvalue weighted by molar-refractivity contribution is 5.34. The first-order valence-corrected chi connectivity index (χ1v) is 13.6. The Kier molecular flexibility index (Phi) is 5.77. The number of aryl methyl sites for hydroxylation is 1. The van der Waals surface area contributed by atoms with Gasteiger partial charge in [0, 0.05) is 5.92 Å². The topological polar surface area (TPSA) is 18.5 Å². The molecule has 2 nitrogen and oxygen atoms in total. The van der Waals surface area contributed by atoms with Crippen LogP contribution in [0, 0.1) is 17.8 Å². The molecule has 5 aliphatic rings. The highest BCUT2D eigenvalue weighted by Gasteiger charge is 2.53. The van der Waals surface area contributed by atoms with Gasteiger partial charge in [0.2, 0.25) is 6.29 Å². The smallest absolute Gasteiger partial charge is 0.207 e. The molecule has 0 N–H and O–H groups in total. The summed E-state index contributed by atoms with van der Waals surface area (Å²) in [5, 5.41) is 0. The van der Waals surface area contributed by atoms with Gasteiger partial charge < -0.3 is 9.47 Å². The van der Waals surface area contributed by atoms with Gasteiger partial charge in [-0.1, -0.05) is 50.2 Å². The van der Waals surface area contributed by atoms with Gasteiger partial charge in [0.25, 0.3) is 0 Å². The SMILES string of the molecule is CCC(C)c1ccc(OC(OC23CC4CC(CC(C4)C2)C3)C2CCCc3ccccc32)cc1. The van der Waals surface area contributed by atoms with Crippen LogP contribution in [-0.2, 0) is 11.2 Å². The fourth-order valence-corrected chi connectivity index (χ4v) is 7.93. The summed E-state index contributed by atoms with van der Waals surface area (Å²) in [4.78, 5) is 0. The highest BCUT2D eigenvalue weighted by Crippen LogP contribution is 2.58. The molecule has 0 spiro atoms. The molecule has 33 heavy (non-hydrogen) atoms. The lowest BCUT2D eigenvalue weighted by Gasteiger charge is -2.57. The first kappa shape index (κ1) is 21.7. The Bertz CT molecular complexity index is 926. The van der Waals surface area contributed by atoms with Crippen molar-refractivity contribution in [3.05, 3.63) is 65.2 Å². The van der Waals surface area contributed by atoms with Crippen LogP contribution in [0.25, 0.3) is 0 Å². The molecule has 2 aromatic rings. The maximum atomic E-state index is 7.23. The third-order valence-corrected chi connectivity index (χ3v) is 9.41. The Hall–Kier alpha value is -1.80. The maximum Gasteiger partial charge on any atom is 0.207 e. The third-order valence-electron chi connectivity index (χ3n) is 9.41. The molecule has 0 radical (unpaired) electrons. The molecular weight excluding hydrogens is 404 g/mol. The van der Waals surface area contributed by atoms with Crippen LogP contribution in [-0.4, -0.2) is 11.9 Å². The quantitative estimate of drug-likeness (QED) is 0.403. The van der Waals surface area contributed by atoms with E-state index < -0.39 is 0 Å². The van der Waals surface area contributed by atoms with Gasteiger partial charge in [0.05, 0.1) is 5.60 Å². The van der Waals surface area contributed by atoms with Gasteiger partial charge in [0.1, 0.15) is 5.75 Å². The normalized spacial score (nSPS) is 34.0. The molecule has 5 aliphatic carbocycles. The van der Waals surface area contributed by atoms with E-state index in [0.29, 0.717) is 11.8 Å². The summed E-state index contributed by atoms with van der Waals surface area (Å²) in [5.41, 5.74) is 4.38. The zero-order chi connectivity index (χ0) is 22.4. The van der Waals surface area contributed by atoms with Crippen LogP contribution in [0.2, 0.25) is 0 Å². The Labute approximate surface area is 200 Å². The minimum Gasteiger partial charge on any atom is -0.464 e. The van der Waals surface area contributed by atoms with E-state index in [-0.39, 0.29) is 11.9 Å². The van der Waals surface area contributed by atoms with E-state index in [1.165, 1.54) is 68.1 Å². The van der Waals surface area contributed by atoms with Crippen LogP contribution in [0.5, 0.6) is 5.75 Å². The van der Waals surface area contributed by atoms with Gasteiger partial charge in [-0.3, -0.25) is 0 Å². The lowest BCUT2D eigenvalue weighted by molar-refractivity contribution is -0.239. The largest absolute Gasteiger partial charge is 0.464 e. The first-order chi connectivity index (χ1) is 16.1. The average Bonchev–Trinajstić information content (AvgIpc) is 2.82. The molecule has 7 rings (SSSR count). The van der Waals surface area contributed by atoms with Crippen LogP contribution >= 0.6 is 0 Å². The van der Waals surface area contributed by atoms with Crippen LogP contribution in [0.4, 0.5) is 0 Å². The van der Waals surface area contributed by atoms with Crippen molar-refractivity contribution in [2.75, 3.05) is 0 Å². The molecule has 2 heteroatoms. The van der Waals surface area contributed by atoms with Gasteiger partial charge >= 0.3 is 0 Å². The Morgan fingerprint density at radius 3 is 2.24 bits per heavy atom. The summed E-state index contributed by atoms with van der Waals surface area (Å²) in [6.45, 7) is 4.55. The molecular formula is C31H40O2. The summed E-state index contributed by atoms with van der Waals surface area (Å²) < 4.78 is 14.0. The van der Waals surface area contributed by atoms with E-state index in [9.17, 15) is 0 Å². The first-order valence-electron chi connectivity index (χ1n) is 13.6. The standard InChI is InChI=1S/C31H40O2/c1-3-21(2)25-11-13-27(14-12-25)32-30(29-10-6-8-26-7-4-5-9-28(26)29)33-31-18-22-15-23(19-31)17-24(16-22)20-31/h4-5,7,9,11-14,21-24,29-30H,3,6,8,10,15-20H2,1-2H3. The van der Waals surface area contributed by atoms with E-state index in [2.05, 4.69) is 62.4 Å². The van der Waals surface area contributed by atoms with Crippen molar-refractivity contribution in [3.63, 3.8) is 0 Å². The number of rotatable bonds is 7. The summed E-state index contributed by atoms with van der Waals surface area (Å²) in [7, 11) is 0. The second-order valence-corrected chi connectivity index (χ2v) is 11.8. The average molecular weight is 445 g/mol. The molecule has 3 atom stereocenters. The number of hydrogen-bond donors (Lipinski definition) is 0. The van der Waals surface area contributed by atoms with Crippen LogP contribution in [0.1, 0.15) is 100 Å². The molecule has 4 bridgehead atoms. The molecule has 4 fully saturated rings. The monoisotopic (exact) mass is 444 g/mol. The predicted octanol–water partition coefficient (Wildman–Crippen LogP) is 8.01. The van der Waals surface area contributed by atoms with Gasteiger partial charge in [-0.25, -0.2) is 0 Å². The number of ether oxygens (including phenoxy) is 2. The van der Waals surface area contributed by atoms with E-state index in [1.807, 2.05) is 0 Å². The van der Waals surface area contributed by atoms with E-state index in [0.717, 1.165) is 36.3 Å². The number of hydrogen-bond acceptors (Lipinski definition) is 2. The zero-order valence-electron chi connectivity index (χ0n) is 20.5. The highest BCUT2D eigenvalue weighted by atomic mass is 16.7. The second kappa shape index (κ2) is 8.77. The van der Waals surface area contributed by atoms with Crippen LogP contribution in [0.3, 0.4) is 0 Å². The molecule has 176 valence electrons. The van der Waals surface area contributed by atoms with Crippen molar-refractivity contribution in [2.24, 2.45) is 17.8 Å². The lowest BCUT2D eigenvalue weighted by atomic mass is 9.54. The minimum atomic E-state index is -0.197. The van der Waals surface area contributed by atoms with Crippen molar-refractivity contribution in [3.8, 4) is 5.75 Å². The van der Waals surface area contributed by atoms with Crippen molar-refractivity contribution >= 4 is 0 Å². The van der Waals surface area contributed by atoms with Gasteiger partial charge in [-0.2, -0.15) is 0 Å². The van der Waals surface area contributed by atoms with Crippen LogP contribution in [0.15, 0.2) is 48.5 Å². The van der Waals surface area contributed by atoms with Crippen molar-refractivity contribution in [2.45, 2.75) is 102 Å². The molecule has 0 amide bonds. The van der Waals surface area contributed by atoms with Gasteiger partial charge in [-0.05, 0) is 117 Å². The third kappa shape index (κ3) is 4.25. The van der Waals surface area contributed by atoms with Gasteiger partial charge in [0.15, 0.2) is 0 Å². The number of benzene rings is 2. The Morgan fingerprint density at radius 2 is 1.58 bits per heavy atom. The van der Waals surface area contributed by atoms with Crippen molar-refractivity contribution < 1.29 is 9.47 Å². The Balaban J connectivity index is 1.30. The zero-order valence-corrected chi connectivity index (χ0v) is 20.5. The molecule has 2 aromatic carbocycles.